The molecule has 0 amide bonds. The highest BCUT2D eigenvalue weighted by molar-refractivity contribution is 5.76. The van der Waals surface area contributed by atoms with Crippen molar-refractivity contribution >= 4 is 17.9 Å². The van der Waals surface area contributed by atoms with Crippen LogP contribution in [0.2, 0.25) is 0 Å². The number of hydrogen-bond donors (Lipinski definition) is 6. The van der Waals surface area contributed by atoms with Crippen molar-refractivity contribution in [3.05, 3.63) is 0 Å². The molecule has 0 rings (SSSR count). The second kappa shape index (κ2) is 8.25. The smallest absolute Gasteiger partial charge is 0.323 e. The zero-order valence-electron chi connectivity index (χ0n) is 9.74. The average Bonchev–Trinajstić information content (AvgIpc) is 2.22. The van der Waals surface area contributed by atoms with Crippen LogP contribution >= 0.6 is 0 Å². The molecule has 0 heterocycles. The highest BCUT2D eigenvalue weighted by Gasteiger charge is 2.25. The van der Waals surface area contributed by atoms with Crippen molar-refractivity contribution in [1.29, 1.82) is 0 Å². The van der Waals surface area contributed by atoms with E-state index in [0.717, 1.165) is 0 Å². The molecular formula is C9H18N4O5. The number of carboxylic acids is 2. The van der Waals surface area contributed by atoms with Gasteiger partial charge in [0.05, 0.1) is 12.5 Å². The number of hydrogen-bond acceptors (Lipinski definition) is 5. The average molecular weight is 262 g/mol. The number of nitrogens with two attached hydrogens (primary N) is 2. The van der Waals surface area contributed by atoms with Gasteiger partial charge in [0.25, 0.3) is 0 Å². The molecule has 9 heteroatoms. The molecule has 0 unspecified atom stereocenters. The number of aliphatic hydroxyl groups excluding tert-OH is 1. The van der Waals surface area contributed by atoms with Gasteiger partial charge in [0.2, 0.25) is 0 Å². The van der Waals surface area contributed by atoms with Gasteiger partial charge >= 0.3 is 11.9 Å². The first-order valence-corrected chi connectivity index (χ1v) is 5.26. The number of guanidine groups is 1. The summed E-state index contributed by atoms with van der Waals surface area (Å²) >= 11 is 0. The summed E-state index contributed by atoms with van der Waals surface area (Å²) in [5.41, 5.74) is 10.2. The number of aliphatic imine (C=N–C) groups is 1. The van der Waals surface area contributed by atoms with Crippen LogP contribution in [0, 0.1) is 0 Å². The van der Waals surface area contributed by atoms with Crippen molar-refractivity contribution in [1.82, 2.24) is 5.32 Å². The van der Waals surface area contributed by atoms with Gasteiger partial charge in [-0.2, -0.15) is 0 Å². The van der Waals surface area contributed by atoms with E-state index in [1.807, 2.05) is 0 Å². The summed E-state index contributed by atoms with van der Waals surface area (Å²) in [6.45, 7) is 0.0412. The van der Waals surface area contributed by atoms with Crippen LogP contribution in [0.25, 0.3) is 0 Å². The Morgan fingerprint density at radius 3 is 2.33 bits per heavy atom. The van der Waals surface area contributed by atoms with Crippen molar-refractivity contribution in [3.63, 3.8) is 0 Å². The molecule has 0 aromatic rings. The summed E-state index contributed by atoms with van der Waals surface area (Å²) in [4.78, 5) is 24.7. The van der Waals surface area contributed by atoms with Crippen molar-refractivity contribution in [3.8, 4) is 0 Å². The molecule has 0 aliphatic carbocycles. The summed E-state index contributed by atoms with van der Waals surface area (Å²) in [6.07, 6.45) is -1.39. The molecular weight excluding hydrogens is 244 g/mol. The highest BCUT2D eigenvalue weighted by Crippen LogP contribution is 2.00. The monoisotopic (exact) mass is 262 g/mol. The zero-order valence-corrected chi connectivity index (χ0v) is 9.74. The van der Waals surface area contributed by atoms with Crippen LogP contribution in [-0.4, -0.2) is 58.5 Å². The molecule has 0 bridgehead atoms. The van der Waals surface area contributed by atoms with Crippen LogP contribution in [-0.2, 0) is 9.59 Å². The Bertz CT molecular complexity index is 316. The standard InChI is InChI=1S/C9H18N4O5/c10-9(11)13-3-1-5(14)7(8(17)18)12-4-2-6(15)16/h5,7,12,14H,1-4H2,(H,15,16)(H,17,18)(H4,10,11,13)/t5-,7+/m1/s1. The first-order valence-electron chi connectivity index (χ1n) is 5.26. The molecule has 104 valence electrons. The van der Waals surface area contributed by atoms with E-state index in [-0.39, 0.29) is 31.9 Å². The Morgan fingerprint density at radius 1 is 1.28 bits per heavy atom. The van der Waals surface area contributed by atoms with Gasteiger partial charge in [0.15, 0.2) is 5.96 Å². The van der Waals surface area contributed by atoms with Gasteiger partial charge in [0.1, 0.15) is 6.04 Å². The third kappa shape index (κ3) is 7.41. The number of aliphatic carboxylic acids is 2. The molecule has 0 aliphatic heterocycles. The number of carbonyl (C=O) groups is 2. The van der Waals surface area contributed by atoms with Crippen LogP contribution in [0.1, 0.15) is 12.8 Å². The largest absolute Gasteiger partial charge is 0.481 e. The summed E-state index contributed by atoms with van der Waals surface area (Å²) in [6, 6.07) is -1.25. The lowest BCUT2D eigenvalue weighted by molar-refractivity contribution is -0.143. The number of nitrogens with one attached hydrogen (secondary N) is 1. The minimum Gasteiger partial charge on any atom is -0.481 e. The highest BCUT2D eigenvalue weighted by atomic mass is 16.4. The van der Waals surface area contributed by atoms with Crippen LogP contribution in [0.15, 0.2) is 4.99 Å². The van der Waals surface area contributed by atoms with E-state index in [0.29, 0.717) is 0 Å². The van der Waals surface area contributed by atoms with E-state index in [2.05, 4.69) is 10.3 Å². The maximum Gasteiger partial charge on any atom is 0.323 e. The van der Waals surface area contributed by atoms with Crippen molar-refractivity contribution in [2.24, 2.45) is 16.5 Å². The normalized spacial score (nSPS) is 13.6. The van der Waals surface area contributed by atoms with Gasteiger partial charge in [0, 0.05) is 13.1 Å². The Morgan fingerprint density at radius 2 is 1.89 bits per heavy atom. The molecule has 0 radical (unpaired) electrons. The Balaban J connectivity index is 4.19. The SMILES string of the molecule is NC(N)=NCC[C@@H](O)[C@H](NCCC(=O)O)C(=O)O. The lowest BCUT2D eigenvalue weighted by atomic mass is 10.1. The van der Waals surface area contributed by atoms with Gasteiger partial charge in [-0.25, -0.2) is 0 Å². The maximum atomic E-state index is 10.9. The van der Waals surface area contributed by atoms with Crippen molar-refractivity contribution < 1.29 is 24.9 Å². The summed E-state index contributed by atoms with van der Waals surface area (Å²) in [7, 11) is 0. The molecule has 0 aromatic carbocycles. The summed E-state index contributed by atoms with van der Waals surface area (Å²) in [5, 5.41) is 29.3. The van der Waals surface area contributed by atoms with Crippen molar-refractivity contribution in [2.45, 2.75) is 25.0 Å². The quantitative estimate of drug-likeness (QED) is 0.196. The zero-order chi connectivity index (χ0) is 14.1. The van der Waals surface area contributed by atoms with E-state index < -0.39 is 24.1 Å². The molecule has 9 nitrogen and oxygen atoms in total. The topological polar surface area (TPSA) is 171 Å². The lowest BCUT2D eigenvalue weighted by Crippen LogP contribution is -2.47. The van der Waals surface area contributed by atoms with Crippen LogP contribution < -0.4 is 16.8 Å². The fourth-order valence-electron chi connectivity index (χ4n) is 1.22. The van der Waals surface area contributed by atoms with E-state index >= 15 is 0 Å². The molecule has 8 N–H and O–H groups in total. The van der Waals surface area contributed by atoms with Gasteiger partial charge in [-0.05, 0) is 6.42 Å². The number of aliphatic hydroxyl groups is 1. The number of rotatable bonds is 9. The third-order valence-corrected chi connectivity index (χ3v) is 2.07. The van der Waals surface area contributed by atoms with Crippen molar-refractivity contribution in [2.75, 3.05) is 13.1 Å². The Labute approximate surface area is 103 Å². The summed E-state index contributed by atoms with van der Waals surface area (Å²) in [5.74, 6) is -2.47. The predicted octanol–water partition coefficient (Wildman–Crippen LogP) is -2.47. The molecule has 0 aromatic heterocycles. The molecule has 0 fully saturated rings. The fraction of sp³-hybridized carbons (Fsp3) is 0.667. The van der Waals surface area contributed by atoms with E-state index in [4.69, 9.17) is 21.7 Å². The third-order valence-electron chi connectivity index (χ3n) is 2.07. The lowest BCUT2D eigenvalue weighted by Gasteiger charge is -2.19. The van der Waals surface area contributed by atoms with Gasteiger partial charge in [-0.15, -0.1) is 0 Å². The van der Waals surface area contributed by atoms with Crippen LogP contribution in [0.3, 0.4) is 0 Å². The number of nitrogens with zero attached hydrogens (tertiary/aromatic N) is 1. The maximum absolute atomic E-state index is 10.9. The second-order valence-corrected chi connectivity index (χ2v) is 3.58. The molecule has 2 atom stereocenters. The Kier molecular flexibility index (Phi) is 7.40. The minimum absolute atomic E-state index is 0.0499. The molecule has 0 saturated carbocycles. The molecule has 18 heavy (non-hydrogen) atoms. The first kappa shape index (κ1) is 16.1. The first-order chi connectivity index (χ1) is 8.34. The van der Waals surface area contributed by atoms with Gasteiger partial charge < -0.3 is 32.1 Å². The molecule has 0 aliphatic rings. The molecule has 0 spiro atoms. The van der Waals surface area contributed by atoms with Gasteiger partial charge in [-0.3, -0.25) is 14.6 Å². The minimum atomic E-state index is -1.27. The fourth-order valence-corrected chi connectivity index (χ4v) is 1.22. The molecule has 0 saturated heterocycles. The van der Waals surface area contributed by atoms with E-state index in [1.54, 1.807) is 0 Å². The predicted molar refractivity (Wildman–Crippen MR) is 63.0 cm³/mol. The van der Waals surface area contributed by atoms with E-state index in [1.165, 1.54) is 0 Å². The van der Waals surface area contributed by atoms with Crippen LogP contribution in [0.4, 0.5) is 0 Å². The number of carboxylic acid groups (broad SMARTS) is 2. The Hall–Kier alpha value is -1.87. The van der Waals surface area contributed by atoms with Gasteiger partial charge in [-0.1, -0.05) is 0 Å². The van der Waals surface area contributed by atoms with Crippen LogP contribution in [0.5, 0.6) is 0 Å². The second-order valence-electron chi connectivity index (χ2n) is 3.58. The summed E-state index contributed by atoms with van der Waals surface area (Å²) < 4.78 is 0. The van der Waals surface area contributed by atoms with E-state index in [9.17, 15) is 14.7 Å².